The van der Waals surface area contributed by atoms with Crippen molar-refractivity contribution >= 4 is 11.6 Å². The summed E-state index contributed by atoms with van der Waals surface area (Å²) in [6.07, 6.45) is -5.60. The van der Waals surface area contributed by atoms with Gasteiger partial charge in [-0.3, -0.25) is 4.79 Å². The van der Waals surface area contributed by atoms with Gasteiger partial charge >= 0.3 is 6.18 Å². The average molecular weight is 394 g/mol. The molecule has 0 saturated carbocycles. The lowest BCUT2D eigenvalue weighted by atomic mass is 10.0. The molecule has 2 heterocycles. The lowest BCUT2D eigenvalue weighted by molar-refractivity contribution is -0.144. The summed E-state index contributed by atoms with van der Waals surface area (Å²) in [6.45, 7) is -0.739. The van der Waals surface area contributed by atoms with E-state index in [1.54, 1.807) is 30.3 Å². The van der Waals surface area contributed by atoms with E-state index in [9.17, 15) is 18.0 Å². The van der Waals surface area contributed by atoms with Crippen LogP contribution in [0, 0.1) is 0 Å². The largest absolute Gasteiger partial charge is 0.493 e. The zero-order valence-electron chi connectivity index (χ0n) is 14.9. The van der Waals surface area contributed by atoms with Gasteiger partial charge < -0.3 is 24.4 Å². The summed E-state index contributed by atoms with van der Waals surface area (Å²) in [7, 11) is 1.43. The Kier molecular flexibility index (Phi) is 4.44. The van der Waals surface area contributed by atoms with Crippen molar-refractivity contribution in [3.63, 3.8) is 0 Å². The number of amides is 1. The van der Waals surface area contributed by atoms with Crippen LogP contribution in [-0.2, 0) is 0 Å². The van der Waals surface area contributed by atoms with Crippen molar-refractivity contribution in [3.05, 3.63) is 47.5 Å². The summed E-state index contributed by atoms with van der Waals surface area (Å²) >= 11 is 0. The van der Waals surface area contributed by atoms with Gasteiger partial charge in [-0.15, -0.1) is 0 Å². The lowest BCUT2D eigenvalue weighted by Crippen LogP contribution is -2.47. The fraction of sp³-hybridized carbons (Fsp3) is 0.316. The van der Waals surface area contributed by atoms with Crippen LogP contribution in [0.2, 0.25) is 0 Å². The molecule has 2 aliphatic rings. The highest BCUT2D eigenvalue weighted by Crippen LogP contribution is 2.44. The van der Waals surface area contributed by atoms with Crippen molar-refractivity contribution in [3.8, 4) is 17.2 Å². The molecule has 0 bridgehead atoms. The fourth-order valence-corrected chi connectivity index (χ4v) is 3.36. The Morgan fingerprint density at radius 3 is 2.71 bits per heavy atom. The van der Waals surface area contributed by atoms with Crippen molar-refractivity contribution in [2.75, 3.05) is 32.2 Å². The Balaban J connectivity index is 1.81. The van der Waals surface area contributed by atoms with Gasteiger partial charge in [-0.25, -0.2) is 0 Å². The van der Waals surface area contributed by atoms with Crippen molar-refractivity contribution < 1.29 is 32.2 Å². The van der Waals surface area contributed by atoms with Gasteiger partial charge in [-0.2, -0.15) is 13.2 Å². The van der Waals surface area contributed by atoms with Crippen LogP contribution < -0.4 is 19.5 Å². The van der Waals surface area contributed by atoms with Gasteiger partial charge in [-0.05, 0) is 24.3 Å². The summed E-state index contributed by atoms with van der Waals surface area (Å²) in [4.78, 5) is 13.6. The number of ether oxygens (including phenoxy) is 3. The Labute approximate surface area is 158 Å². The fourth-order valence-electron chi connectivity index (χ4n) is 3.36. The highest BCUT2D eigenvalue weighted by molar-refractivity contribution is 6.01. The van der Waals surface area contributed by atoms with Crippen molar-refractivity contribution in [1.29, 1.82) is 0 Å². The minimum Gasteiger partial charge on any atom is -0.493 e. The molecular weight excluding hydrogens is 377 g/mol. The van der Waals surface area contributed by atoms with E-state index in [1.165, 1.54) is 13.2 Å². The van der Waals surface area contributed by atoms with E-state index >= 15 is 0 Å². The molecule has 0 aliphatic carbocycles. The smallest absolute Gasteiger partial charge is 0.406 e. The summed E-state index contributed by atoms with van der Waals surface area (Å²) < 4.78 is 56.0. The Morgan fingerprint density at radius 2 is 1.96 bits per heavy atom. The molecule has 0 fully saturated rings. The Morgan fingerprint density at radius 1 is 1.21 bits per heavy atom. The normalized spacial score (nSPS) is 18.4. The second-order valence-corrected chi connectivity index (χ2v) is 6.39. The van der Waals surface area contributed by atoms with Crippen LogP contribution in [0.3, 0.4) is 0 Å². The summed E-state index contributed by atoms with van der Waals surface area (Å²) in [6, 6.07) is 9.59. The molecule has 1 atom stereocenters. The van der Waals surface area contributed by atoms with Gasteiger partial charge in [0.2, 0.25) is 5.75 Å². The summed E-state index contributed by atoms with van der Waals surface area (Å²) in [5.41, 5.74) is 1.05. The number of fused-ring (bicyclic) bond motifs is 2. The second kappa shape index (κ2) is 6.81. The van der Waals surface area contributed by atoms with Crippen LogP contribution in [-0.4, -0.2) is 43.9 Å². The third-order valence-electron chi connectivity index (χ3n) is 4.54. The molecule has 0 unspecified atom stereocenters. The van der Waals surface area contributed by atoms with Crippen molar-refractivity contribution in [1.82, 2.24) is 4.90 Å². The molecule has 2 aromatic rings. The molecule has 1 N–H and O–H groups in total. The van der Waals surface area contributed by atoms with E-state index in [0.29, 0.717) is 41.7 Å². The van der Waals surface area contributed by atoms with Crippen LogP contribution >= 0.6 is 0 Å². The van der Waals surface area contributed by atoms with E-state index in [4.69, 9.17) is 14.2 Å². The minimum absolute atomic E-state index is 0.188. The molecule has 28 heavy (non-hydrogen) atoms. The maximum absolute atomic E-state index is 13.2. The maximum atomic E-state index is 13.2. The molecule has 1 amide bonds. The Hall–Kier alpha value is -3.10. The number of anilines is 1. The zero-order chi connectivity index (χ0) is 19.9. The van der Waals surface area contributed by atoms with E-state index < -0.39 is 24.8 Å². The first kappa shape index (κ1) is 18.3. The van der Waals surface area contributed by atoms with E-state index in [2.05, 4.69) is 5.32 Å². The van der Waals surface area contributed by atoms with Crippen LogP contribution in [0.1, 0.15) is 22.1 Å². The SMILES string of the molecule is COc1cc([C@H]2Nc3ccccc3C(=O)N2CC(F)(F)F)cc2c1OCCO2. The molecule has 0 aromatic heterocycles. The number of nitrogens with zero attached hydrogens (tertiary/aromatic N) is 1. The predicted octanol–water partition coefficient (Wildman–Crippen LogP) is 3.60. The van der Waals surface area contributed by atoms with Gasteiger partial charge in [0.05, 0.1) is 12.7 Å². The number of para-hydroxylation sites is 1. The number of nitrogens with one attached hydrogen (secondary N) is 1. The first-order chi connectivity index (χ1) is 13.4. The first-order valence-electron chi connectivity index (χ1n) is 8.58. The maximum Gasteiger partial charge on any atom is 0.406 e. The number of alkyl halides is 3. The average Bonchev–Trinajstić information content (AvgIpc) is 2.68. The number of hydrogen-bond acceptors (Lipinski definition) is 5. The van der Waals surface area contributed by atoms with Crippen molar-refractivity contribution in [2.24, 2.45) is 0 Å². The monoisotopic (exact) mass is 394 g/mol. The molecule has 2 aromatic carbocycles. The number of rotatable bonds is 3. The number of methoxy groups -OCH3 is 1. The number of hydrogen-bond donors (Lipinski definition) is 1. The van der Waals surface area contributed by atoms with Gasteiger partial charge in [0, 0.05) is 11.3 Å². The lowest BCUT2D eigenvalue weighted by Gasteiger charge is -2.38. The number of carbonyl (C=O) groups is 1. The van der Waals surface area contributed by atoms with Gasteiger partial charge in [0.15, 0.2) is 11.5 Å². The third-order valence-corrected chi connectivity index (χ3v) is 4.54. The molecular formula is C19H17F3N2O4. The van der Waals surface area contributed by atoms with Gasteiger partial charge in [-0.1, -0.05) is 12.1 Å². The molecule has 0 spiro atoms. The third kappa shape index (κ3) is 3.28. The summed E-state index contributed by atoms with van der Waals surface area (Å²) in [5.74, 6) is 0.376. The number of benzene rings is 2. The van der Waals surface area contributed by atoms with Crippen LogP contribution in [0.25, 0.3) is 0 Å². The predicted molar refractivity (Wildman–Crippen MR) is 93.9 cm³/mol. The molecule has 0 saturated heterocycles. The highest BCUT2D eigenvalue weighted by atomic mass is 19.4. The highest BCUT2D eigenvalue weighted by Gasteiger charge is 2.41. The molecule has 6 nitrogen and oxygen atoms in total. The quantitative estimate of drug-likeness (QED) is 0.862. The van der Waals surface area contributed by atoms with Crippen LogP contribution in [0.4, 0.5) is 18.9 Å². The van der Waals surface area contributed by atoms with E-state index in [-0.39, 0.29) is 5.56 Å². The standard InChI is InChI=1S/C19H17F3N2O4/c1-26-14-8-11(9-15-16(14)28-7-6-27-15)17-23-13-5-3-2-4-12(13)18(25)24(17)10-19(20,21)22/h2-5,8-9,17,23H,6-7,10H2,1H3/t17-/m0/s1. The first-order valence-corrected chi connectivity index (χ1v) is 8.58. The van der Waals surface area contributed by atoms with E-state index in [1.807, 2.05) is 0 Å². The topological polar surface area (TPSA) is 60.0 Å². The zero-order valence-corrected chi connectivity index (χ0v) is 14.9. The second-order valence-electron chi connectivity index (χ2n) is 6.39. The van der Waals surface area contributed by atoms with Gasteiger partial charge in [0.1, 0.15) is 25.9 Å². The molecule has 4 rings (SSSR count). The number of halogens is 3. The van der Waals surface area contributed by atoms with Crippen LogP contribution in [0.15, 0.2) is 36.4 Å². The molecule has 9 heteroatoms. The minimum atomic E-state index is -4.56. The molecule has 148 valence electrons. The van der Waals surface area contributed by atoms with Crippen molar-refractivity contribution in [2.45, 2.75) is 12.3 Å². The van der Waals surface area contributed by atoms with Gasteiger partial charge in [0.25, 0.3) is 5.91 Å². The van der Waals surface area contributed by atoms with E-state index in [0.717, 1.165) is 4.90 Å². The number of carbonyl (C=O) groups excluding carboxylic acids is 1. The Bertz CT molecular complexity index is 899. The molecule has 2 aliphatic heterocycles. The molecule has 0 radical (unpaired) electrons. The van der Waals surface area contributed by atoms with Crippen LogP contribution in [0.5, 0.6) is 17.2 Å². The summed E-state index contributed by atoms with van der Waals surface area (Å²) in [5, 5.41) is 3.03.